The summed E-state index contributed by atoms with van der Waals surface area (Å²) < 4.78 is 26.8. The lowest BCUT2D eigenvalue weighted by molar-refractivity contribution is 0.628. The molecule has 0 heterocycles. The lowest BCUT2D eigenvalue weighted by Crippen LogP contribution is -1.86. The third-order valence-corrected chi connectivity index (χ3v) is 3.39. The van der Waals surface area contributed by atoms with Gasteiger partial charge in [-0.15, -0.1) is 0 Å². The lowest BCUT2D eigenvalue weighted by Gasteiger charge is -2.09. The van der Waals surface area contributed by atoms with E-state index in [-0.39, 0.29) is 11.6 Å². The fourth-order valence-corrected chi connectivity index (χ4v) is 2.45. The SMILES string of the molecule is Cc1cc(-c2cccc(F)c2)cc(-c2cccc(F)c2)c1. The second-order valence-electron chi connectivity index (χ2n) is 5.11. The van der Waals surface area contributed by atoms with Gasteiger partial charge in [0.2, 0.25) is 0 Å². The molecule has 3 aromatic carbocycles. The molecule has 0 spiro atoms. The van der Waals surface area contributed by atoms with Crippen molar-refractivity contribution >= 4 is 0 Å². The summed E-state index contributed by atoms with van der Waals surface area (Å²) in [6, 6.07) is 18.9. The van der Waals surface area contributed by atoms with Gasteiger partial charge in [0.1, 0.15) is 11.6 Å². The van der Waals surface area contributed by atoms with Crippen molar-refractivity contribution in [1.29, 1.82) is 0 Å². The van der Waals surface area contributed by atoms with Gasteiger partial charge < -0.3 is 0 Å². The number of halogens is 2. The van der Waals surface area contributed by atoms with Crippen molar-refractivity contribution < 1.29 is 8.78 Å². The van der Waals surface area contributed by atoms with Crippen LogP contribution in [0.25, 0.3) is 22.3 Å². The van der Waals surface area contributed by atoms with Gasteiger partial charge in [-0.1, -0.05) is 36.4 Å². The highest BCUT2D eigenvalue weighted by atomic mass is 19.1. The third kappa shape index (κ3) is 3.00. The Balaban J connectivity index is 2.12. The summed E-state index contributed by atoms with van der Waals surface area (Å²) in [6.45, 7) is 1.98. The van der Waals surface area contributed by atoms with Crippen LogP contribution in [0.5, 0.6) is 0 Å². The second-order valence-corrected chi connectivity index (χ2v) is 5.11. The van der Waals surface area contributed by atoms with Crippen molar-refractivity contribution in [1.82, 2.24) is 0 Å². The maximum absolute atomic E-state index is 13.4. The van der Waals surface area contributed by atoms with E-state index < -0.39 is 0 Å². The zero-order chi connectivity index (χ0) is 14.8. The summed E-state index contributed by atoms with van der Waals surface area (Å²) in [5, 5.41) is 0. The number of hydrogen-bond donors (Lipinski definition) is 0. The molecule has 0 atom stereocenters. The topological polar surface area (TPSA) is 0 Å². The Bertz CT molecular complexity index is 727. The first-order valence-corrected chi connectivity index (χ1v) is 6.75. The third-order valence-electron chi connectivity index (χ3n) is 3.39. The number of benzene rings is 3. The summed E-state index contributed by atoms with van der Waals surface area (Å²) in [6.07, 6.45) is 0. The summed E-state index contributed by atoms with van der Waals surface area (Å²) in [5.74, 6) is -0.525. The average Bonchev–Trinajstić information content (AvgIpc) is 2.46. The molecule has 0 aliphatic carbocycles. The standard InChI is InChI=1S/C19H14F2/c1-13-8-16(14-4-2-6-18(20)11-14)10-17(9-13)15-5-3-7-19(21)12-15/h2-12H,1H3. The number of rotatable bonds is 2. The molecule has 3 rings (SSSR count). The van der Waals surface area contributed by atoms with Crippen LogP contribution >= 0.6 is 0 Å². The van der Waals surface area contributed by atoms with Crippen LogP contribution in [-0.4, -0.2) is 0 Å². The number of aryl methyl sites for hydroxylation is 1. The minimum atomic E-state index is -0.263. The molecule has 3 aromatic rings. The predicted molar refractivity (Wildman–Crippen MR) is 82.0 cm³/mol. The summed E-state index contributed by atoms with van der Waals surface area (Å²) in [4.78, 5) is 0. The van der Waals surface area contributed by atoms with Gasteiger partial charge >= 0.3 is 0 Å². The molecule has 2 heteroatoms. The highest BCUT2D eigenvalue weighted by Crippen LogP contribution is 2.28. The van der Waals surface area contributed by atoms with E-state index in [0.717, 1.165) is 27.8 Å². The van der Waals surface area contributed by atoms with Crippen LogP contribution in [0.2, 0.25) is 0 Å². The molecule has 0 unspecified atom stereocenters. The Hall–Kier alpha value is -2.48. The summed E-state index contributed by atoms with van der Waals surface area (Å²) in [7, 11) is 0. The molecule has 0 aliphatic heterocycles. The molecule has 0 aliphatic rings. The Morgan fingerprint density at radius 3 is 1.48 bits per heavy atom. The van der Waals surface area contributed by atoms with Gasteiger partial charge in [-0.3, -0.25) is 0 Å². The van der Waals surface area contributed by atoms with Crippen LogP contribution in [0.3, 0.4) is 0 Å². The van der Waals surface area contributed by atoms with E-state index in [1.807, 2.05) is 37.3 Å². The highest BCUT2D eigenvalue weighted by Gasteiger charge is 2.05. The molecule has 0 N–H and O–H groups in total. The lowest BCUT2D eigenvalue weighted by atomic mass is 9.96. The summed E-state index contributed by atoms with van der Waals surface area (Å²) in [5.41, 5.74) is 4.53. The Morgan fingerprint density at radius 1 is 0.571 bits per heavy atom. The maximum atomic E-state index is 13.4. The van der Waals surface area contributed by atoms with Crippen LogP contribution < -0.4 is 0 Å². The van der Waals surface area contributed by atoms with E-state index in [1.165, 1.54) is 24.3 Å². The molecule has 0 saturated heterocycles. The van der Waals surface area contributed by atoms with E-state index in [2.05, 4.69) is 0 Å². The van der Waals surface area contributed by atoms with Gasteiger partial charge in [-0.25, -0.2) is 8.78 Å². The van der Waals surface area contributed by atoms with Gasteiger partial charge in [-0.2, -0.15) is 0 Å². The van der Waals surface area contributed by atoms with Gasteiger partial charge in [-0.05, 0) is 65.1 Å². The largest absolute Gasteiger partial charge is 0.207 e. The molecule has 0 bridgehead atoms. The van der Waals surface area contributed by atoms with E-state index in [1.54, 1.807) is 12.1 Å². The quantitative estimate of drug-likeness (QED) is 0.572. The van der Waals surface area contributed by atoms with Crippen molar-refractivity contribution in [2.45, 2.75) is 6.92 Å². The molecule has 104 valence electrons. The normalized spacial score (nSPS) is 10.6. The van der Waals surface area contributed by atoms with Crippen molar-refractivity contribution in [3.63, 3.8) is 0 Å². The van der Waals surface area contributed by atoms with E-state index in [0.29, 0.717) is 0 Å². The van der Waals surface area contributed by atoms with E-state index >= 15 is 0 Å². The van der Waals surface area contributed by atoms with Crippen molar-refractivity contribution in [2.75, 3.05) is 0 Å². The Morgan fingerprint density at radius 2 is 1.05 bits per heavy atom. The fraction of sp³-hybridized carbons (Fsp3) is 0.0526. The molecule has 0 fully saturated rings. The minimum Gasteiger partial charge on any atom is -0.207 e. The molecule has 0 amide bonds. The van der Waals surface area contributed by atoms with Gasteiger partial charge in [0.15, 0.2) is 0 Å². The zero-order valence-corrected chi connectivity index (χ0v) is 11.6. The van der Waals surface area contributed by atoms with Crippen molar-refractivity contribution in [2.24, 2.45) is 0 Å². The smallest absolute Gasteiger partial charge is 0.123 e. The monoisotopic (exact) mass is 280 g/mol. The van der Waals surface area contributed by atoms with Crippen molar-refractivity contribution in [3.05, 3.63) is 83.9 Å². The first kappa shape index (κ1) is 13.5. The molecule has 0 radical (unpaired) electrons. The predicted octanol–water partition coefficient (Wildman–Crippen LogP) is 5.61. The molecule has 0 aromatic heterocycles. The molecular weight excluding hydrogens is 266 g/mol. The molecular formula is C19H14F2. The van der Waals surface area contributed by atoms with Crippen LogP contribution in [-0.2, 0) is 0 Å². The van der Waals surface area contributed by atoms with Crippen LogP contribution in [0.15, 0.2) is 66.7 Å². The summed E-state index contributed by atoms with van der Waals surface area (Å²) >= 11 is 0. The van der Waals surface area contributed by atoms with Gasteiger partial charge in [0.05, 0.1) is 0 Å². The first-order valence-electron chi connectivity index (χ1n) is 6.75. The average molecular weight is 280 g/mol. The van der Waals surface area contributed by atoms with Crippen molar-refractivity contribution in [3.8, 4) is 22.3 Å². The molecule has 0 saturated carbocycles. The zero-order valence-electron chi connectivity index (χ0n) is 11.6. The van der Waals surface area contributed by atoms with Gasteiger partial charge in [0.25, 0.3) is 0 Å². The van der Waals surface area contributed by atoms with Gasteiger partial charge in [0, 0.05) is 0 Å². The minimum absolute atomic E-state index is 0.263. The number of hydrogen-bond acceptors (Lipinski definition) is 0. The van der Waals surface area contributed by atoms with E-state index in [4.69, 9.17) is 0 Å². The second kappa shape index (κ2) is 5.49. The maximum Gasteiger partial charge on any atom is 0.123 e. The Labute approximate surface area is 122 Å². The molecule has 0 nitrogen and oxygen atoms in total. The first-order chi connectivity index (χ1) is 10.1. The van der Waals surface area contributed by atoms with Crippen LogP contribution in [0.4, 0.5) is 8.78 Å². The molecule has 21 heavy (non-hydrogen) atoms. The van der Waals surface area contributed by atoms with Crippen LogP contribution in [0, 0.1) is 18.6 Å². The highest BCUT2D eigenvalue weighted by molar-refractivity contribution is 5.74. The fourth-order valence-electron chi connectivity index (χ4n) is 2.45. The van der Waals surface area contributed by atoms with E-state index in [9.17, 15) is 8.78 Å². The Kier molecular flexibility index (Phi) is 3.53. The van der Waals surface area contributed by atoms with Crippen LogP contribution in [0.1, 0.15) is 5.56 Å².